The quantitative estimate of drug-likeness (QED) is 0.528. The zero-order valence-corrected chi connectivity index (χ0v) is 21.6. The third-order valence-electron chi connectivity index (χ3n) is 10.8. The molecule has 33 heavy (non-hydrogen) atoms. The van der Waals surface area contributed by atoms with Crippen LogP contribution < -0.4 is 5.32 Å². The van der Waals surface area contributed by atoms with Crippen LogP contribution in [0.4, 0.5) is 0 Å². The van der Waals surface area contributed by atoms with Gasteiger partial charge < -0.3 is 15.2 Å². The summed E-state index contributed by atoms with van der Waals surface area (Å²) in [6.07, 6.45) is 10.5. The summed E-state index contributed by atoms with van der Waals surface area (Å²) >= 11 is 0. The van der Waals surface area contributed by atoms with Gasteiger partial charge in [0.05, 0.1) is 6.10 Å². The number of unbranched alkanes of at least 4 members (excludes halogenated alkanes) is 1. The summed E-state index contributed by atoms with van der Waals surface area (Å²) in [5.74, 6) is 2.15. The number of rotatable bonds is 7. The van der Waals surface area contributed by atoms with Gasteiger partial charge in [0.25, 0.3) is 0 Å². The summed E-state index contributed by atoms with van der Waals surface area (Å²) in [5.41, 5.74) is 0.0230. The van der Waals surface area contributed by atoms with Crippen molar-refractivity contribution in [2.24, 2.45) is 40.4 Å². The van der Waals surface area contributed by atoms with Gasteiger partial charge in [0.15, 0.2) is 0 Å². The molecule has 0 heterocycles. The van der Waals surface area contributed by atoms with E-state index in [9.17, 15) is 14.7 Å². The first-order chi connectivity index (χ1) is 15.7. The summed E-state index contributed by atoms with van der Waals surface area (Å²) < 4.78 is 6.48. The van der Waals surface area contributed by atoms with Crippen molar-refractivity contribution < 1.29 is 19.4 Å². The van der Waals surface area contributed by atoms with Crippen molar-refractivity contribution in [1.29, 1.82) is 0 Å². The van der Waals surface area contributed by atoms with Crippen molar-refractivity contribution in [3.8, 4) is 0 Å². The van der Waals surface area contributed by atoms with E-state index in [4.69, 9.17) is 4.74 Å². The molecule has 1 unspecified atom stereocenters. The van der Waals surface area contributed by atoms with Gasteiger partial charge in [0.2, 0.25) is 0 Å². The van der Waals surface area contributed by atoms with E-state index in [1.54, 1.807) is 6.92 Å². The van der Waals surface area contributed by atoms with Crippen LogP contribution in [-0.4, -0.2) is 42.2 Å². The Morgan fingerprint density at radius 2 is 1.88 bits per heavy atom. The van der Waals surface area contributed by atoms with Crippen molar-refractivity contribution in [3.05, 3.63) is 0 Å². The van der Waals surface area contributed by atoms with Gasteiger partial charge in [-0.15, -0.1) is 0 Å². The van der Waals surface area contributed by atoms with E-state index < -0.39 is 0 Å². The Morgan fingerprint density at radius 1 is 1.12 bits per heavy atom. The number of aliphatic hydroxyl groups excluding tert-OH is 1. The molecule has 5 heteroatoms. The number of nitrogens with one attached hydrogen (secondary N) is 1. The molecule has 0 radical (unpaired) electrons. The lowest BCUT2D eigenvalue weighted by Crippen LogP contribution is -2.60. The molecule has 0 saturated heterocycles. The average Bonchev–Trinajstić information content (AvgIpc) is 3.11. The van der Waals surface area contributed by atoms with Gasteiger partial charge in [0.1, 0.15) is 17.9 Å². The zero-order valence-electron chi connectivity index (χ0n) is 21.6. The highest BCUT2D eigenvalue weighted by Crippen LogP contribution is 2.68. The van der Waals surface area contributed by atoms with Crippen LogP contribution >= 0.6 is 0 Å². The van der Waals surface area contributed by atoms with Crippen LogP contribution in [0.15, 0.2) is 0 Å². The summed E-state index contributed by atoms with van der Waals surface area (Å²) in [4.78, 5) is 26.0. The standard InChI is InChI=1S/C28H47NO4/c1-6-7-8-23(29-5)26(32)33-24-16-28(4)21(17(2)30)11-12-22(28)20-10-9-18-15-19(31)13-14-27(18,3)25(20)24/h18-25,29,31H,6-16H2,1-5H3/t18-,19+,20-,21+,22-,23?,24-,25+,27-,28+/m0/s1. The van der Waals surface area contributed by atoms with Crippen LogP contribution in [0.25, 0.3) is 0 Å². The fraction of sp³-hybridized carbons (Fsp3) is 0.929. The highest BCUT2D eigenvalue weighted by atomic mass is 16.5. The maximum absolute atomic E-state index is 13.4. The number of carbonyl (C=O) groups excluding carboxylic acids is 2. The average molecular weight is 462 g/mol. The van der Waals surface area contributed by atoms with Crippen molar-refractivity contribution in [2.75, 3.05) is 7.05 Å². The summed E-state index contributed by atoms with van der Waals surface area (Å²) in [6.45, 7) is 8.65. The van der Waals surface area contributed by atoms with Gasteiger partial charge in [-0.25, -0.2) is 0 Å². The minimum Gasteiger partial charge on any atom is -0.461 e. The highest BCUT2D eigenvalue weighted by Gasteiger charge is 2.64. The summed E-state index contributed by atoms with van der Waals surface area (Å²) in [7, 11) is 1.85. The van der Waals surface area contributed by atoms with Crippen LogP contribution in [-0.2, 0) is 14.3 Å². The van der Waals surface area contributed by atoms with Gasteiger partial charge in [0, 0.05) is 11.8 Å². The van der Waals surface area contributed by atoms with Gasteiger partial charge in [-0.3, -0.25) is 9.59 Å². The number of carbonyl (C=O) groups is 2. The summed E-state index contributed by atoms with van der Waals surface area (Å²) in [6, 6.07) is -0.263. The molecule has 2 N–H and O–H groups in total. The van der Waals surface area contributed by atoms with Crippen LogP contribution in [0.1, 0.15) is 98.3 Å². The Bertz CT molecular complexity index is 739. The number of hydrogen-bond acceptors (Lipinski definition) is 5. The molecule has 4 rings (SSSR count). The lowest BCUT2D eigenvalue weighted by Gasteiger charge is -2.62. The molecule has 0 spiro atoms. The normalized spacial score (nSPS) is 45.5. The number of esters is 1. The first-order valence-corrected chi connectivity index (χ1v) is 13.7. The highest BCUT2D eigenvalue weighted by molar-refractivity contribution is 5.79. The second kappa shape index (κ2) is 9.60. The summed E-state index contributed by atoms with van der Waals surface area (Å²) in [5, 5.41) is 13.6. The second-order valence-corrected chi connectivity index (χ2v) is 12.4. The number of ketones is 1. The van der Waals surface area contributed by atoms with Crippen molar-refractivity contribution >= 4 is 11.8 Å². The molecule has 0 bridgehead atoms. The minimum absolute atomic E-state index is 0.0755. The van der Waals surface area contributed by atoms with Crippen LogP contribution in [0, 0.1) is 40.4 Å². The Morgan fingerprint density at radius 3 is 2.55 bits per heavy atom. The van der Waals surface area contributed by atoms with Crippen LogP contribution in [0.5, 0.6) is 0 Å². The molecule has 4 aliphatic rings. The monoisotopic (exact) mass is 461 g/mol. The predicted octanol–water partition coefficient (Wildman–Crippen LogP) is 4.90. The smallest absolute Gasteiger partial charge is 0.323 e. The molecular weight excluding hydrogens is 414 g/mol. The van der Waals surface area contributed by atoms with Crippen molar-refractivity contribution in [2.45, 2.75) is 117 Å². The Kier molecular flexibility index (Phi) is 7.32. The molecule has 0 aromatic rings. The van der Waals surface area contributed by atoms with Gasteiger partial charge >= 0.3 is 5.97 Å². The lowest BCUT2D eigenvalue weighted by molar-refractivity contribution is -0.200. The zero-order chi connectivity index (χ0) is 24.0. The molecule has 4 aliphatic carbocycles. The number of likely N-dealkylation sites (N-methyl/N-ethyl adjacent to an activating group) is 1. The van der Waals surface area contributed by atoms with Gasteiger partial charge in [-0.05, 0) is 100 Å². The lowest BCUT2D eigenvalue weighted by atomic mass is 9.43. The number of fused-ring (bicyclic) bond motifs is 5. The van der Waals surface area contributed by atoms with Crippen LogP contribution in [0.3, 0.4) is 0 Å². The van der Waals surface area contributed by atoms with Gasteiger partial charge in [-0.1, -0.05) is 33.6 Å². The molecule has 188 valence electrons. The third-order valence-corrected chi connectivity index (χ3v) is 10.8. The maximum Gasteiger partial charge on any atom is 0.323 e. The minimum atomic E-state index is -0.263. The van der Waals surface area contributed by atoms with Crippen molar-refractivity contribution in [3.63, 3.8) is 0 Å². The Hall–Kier alpha value is -0.940. The second-order valence-electron chi connectivity index (χ2n) is 12.4. The number of ether oxygens (including phenoxy) is 1. The fourth-order valence-corrected chi connectivity index (χ4v) is 9.12. The Labute approximate surface area is 200 Å². The SMILES string of the molecule is CCCCC(NC)C(=O)O[C@H]1C[C@]2(C)[C@@H](C(C)=O)CC[C@H]2[C@@H]2CC[C@H]3C[C@H](O)CC[C@]3(C)[C@H]21. The first kappa shape index (κ1) is 25.2. The first-order valence-electron chi connectivity index (χ1n) is 13.7. The molecule has 10 atom stereocenters. The Balaban J connectivity index is 1.67. The maximum atomic E-state index is 13.4. The molecule has 0 amide bonds. The fourth-order valence-electron chi connectivity index (χ4n) is 9.12. The third kappa shape index (κ3) is 4.30. The van der Waals surface area contributed by atoms with E-state index in [0.29, 0.717) is 29.5 Å². The predicted molar refractivity (Wildman–Crippen MR) is 130 cm³/mol. The van der Waals surface area contributed by atoms with E-state index in [1.807, 2.05) is 7.05 Å². The van der Waals surface area contributed by atoms with Crippen molar-refractivity contribution in [1.82, 2.24) is 5.32 Å². The number of hydrogen-bond donors (Lipinski definition) is 2. The topological polar surface area (TPSA) is 75.6 Å². The van der Waals surface area contributed by atoms with Gasteiger partial charge in [-0.2, -0.15) is 0 Å². The van der Waals surface area contributed by atoms with E-state index >= 15 is 0 Å². The molecule has 0 aromatic carbocycles. The number of Topliss-reactive ketones (excluding diaryl/α,β-unsaturated/α-hetero) is 1. The van der Waals surface area contributed by atoms with E-state index in [-0.39, 0.29) is 41.0 Å². The number of aliphatic hydroxyl groups is 1. The molecule has 0 aromatic heterocycles. The largest absolute Gasteiger partial charge is 0.461 e. The molecule has 4 fully saturated rings. The molecule has 4 saturated carbocycles. The van der Waals surface area contributed by atoms with Crippen LogP contribution in [0.2, 0.25) is 0 Å². The van der Waals surface area contributed by atoms with E-state index in [0.717, 1.165) is 70.6 Å². The molecule has 5 nitrogen and oxygen atoms in total. The van der Waals surface area contributed by atoms with E-state index in [1.165, 1.54) is 0 Å². The molecular formula is C28H47NO4. The van der Waals surface area contributed by atoms with E-state index in [2.05, 4.69) is 26.1 Å². The molecule has 0 aliphatic heterocycles.